The Morgan fingerprint density at radius 2 is 2.07 bits per heavy atom. The molecular formula is C10H9N3O2. The lowest BCUT2D eigenvalue weighted by Gasteiger charge is -2.03. The third kappa shape index (κ3) is 2.01. The number of carboxylic acids is 1. The molecule has 0 bridgehead atoms. The summed E-state index contributed by atoms with van der Waals surface area (Å²) < 4.78 is 1.66. The van der Waals surface area contributed by atoms with Crippen LogP contribution in [0.1, 0.15) is 5.82 Å². The van der Waals surface area contributed by atoms with Crippen LogP contribution < -0.4 is 0 Å². The minimum Gasteiger partial charge on any atom is -0.481 e. The van der Waals surface area contributed by atoms with E-state index in [4.69, 9.17) is 5.11 Å². The molecule has 0 aliphatic carbocycles. The van der Waals surface area contributed by atoms with E-state index in [2.05, 4.69) is 10.2 Å². The van der Waals surface area contributed by atoms with Gasteiger partial charge in [-0.25, -0.2) is 0 Å². The topological polar surface area (TPSA) is 68.0 Å². The fourth-order valence-corrected chi connectivity index (χ4v) is 1.32. The number of nitrogens with zero attached hydrogens (tertiary/aromatic N) is 3. The van der Waals surface area contributed by atoms with Gasteiger partial charge in [-0.1, -0.05) is 18.2 Å². The van der Waals surface area contributed by atoms with Crippen molar-refractivity contribution in [2.45, 2.75) is 6.42 Å². The monoisotopic (exact) mass is 203 g/mol. The fraction of sp³-hybridized carbons (Fsp3) is 0.100. The Hall–Kier alpha value is -2.17. The summed E-state index contributed by atoms with van der Waals surface area (Å²) in [6.45, 7) is 0. The maximum absolute atomic E-state index is 10.6. The second-order valence-electron chi connectivity index (χ2n) is 3.02. The Kier molecular flexibility index (Phi) is 2.45. The average molecular weight is 203 g/mol. The van der Waals surface area contributed by atoms with Crippen molar-refractivity contribution in [2.75, 3.05) is 0 Å². The van der Waals surface area contributed by atoms with Crippen LogP contribution in [-0.4, -0.2) is 25.8 Å². The number of para-hydroxylation sites is 1. The van der Waals surface area contributed by atoms with Crippen molar-refractivity contribution >= 4 is 5.97 Å². The zero-order valence-corrected chi connectivity index (χ0v) is 7.87. The number of hydrogen-bond donors (Lipinski definition) is 1. The first-order valence-corrected chi connectivity index (χ1v) is 4.43. The highest BCUT2D eigenvalue weighted by molar-refractivity contribution is 5.69. The number of hydrogen-bond acceptors (Lipinski definition) is 3. The van der Waals surface area contributed by atoms with Gasteiger partial charge in [-0.05, 0) is 12.1 Å². The lowest BCUT2D eigenvalue weighted by molar-refractivity contribution is -0.136. The van der Waals surface area contributed by atoms with Gasteiger partial charge in [0, 0.05) is 5.69 Å². The zero-order valence-electron chi connectivity index (χ0n) is 7.87. The quantitative estimate of drug-likeness (QED) is 0.804. The number of benzene rings is 1. The molecule has 0 fully saturated rings. The van der Waals surface area contributed by atoms with Crippen molar-refractivity contribution in [1.82, 2.24) is 14.8 Å². The van der Waals surface area contributed by atoms with Crippen LogP contribution >= 0.6 is 0 Å². The van der Waals surface area contributed by atoms with Gasteiger partial charge in [0.25, 0.3) is 0 Å². The van der Waals surface area contributed by atoms with Gasteiger partial charge in [0.2, 0.25) is 0 Å². The highest BCUT2D eigenvalue weighted by atomic mass is 16.4. The third-order valence-corrected chi connectivity index (χ3v) is 1.96. The summed E-state index contributed by atoms with van der Waals surface area (Å²) in [6, 6.07) is 9.38. The van der Waals surface area contributed by atoms with Gasteiger partial charge < -0.3 is 5.11 Å². The van der Waals surface area contributed by atoms with Gasteiger partial charge in [-0.2, -0.15) is 0 Å². The molecule has 1 aromatic carbocycles. The predicted molar refractivity (Wildman–Crippen MR) is 52.7 cm³/mol. The molecule has 76 valence electrons. The van der Waals surface area contributed by atoms with E-state index in [9.17, 15) is 4.79 Å². The molecule has 15 heavy (non-hydrogen) atoms. The molecule has 5 nitrogen and oxygen atoms in total. The number of carbonyl (C=O) groups is 1. The number of aromatic nitrogens is 3. The molecule has 0 radical (unpaired) electrons. The Morgan fingerprint density at radius 3 is 2.73 bits per heavy atom. The molecule has 1 heterocycles. The molecule has 0 saturated heterocycles. The van der Waals surface area contributed by atoms with Gasteiger partial charge in [0.15, 0.2) is 0 Å². The largest absolute Gasteiger partial charge is 0.481 e. The van der Waals surface area contributed by atoms with E-state index in [1.54, 1.807) is 4.57 Å². The molecule has 2 aromatic rings. The third-order valence-electron chi connectivity index (χ3n) is 1.96. The minimum atomic E-state index is -0.916. The summed E-state index contributed by atoms with van der Waals surface area (Å²) in [6.07, 6.45) is 1.38. The summed E-state index contributed by atoms with van der Waals surface area (Å²) in [7, 11) is 0. The maximum Gasteiger partial charge on any atom is 0.311 e. The van der Waals surface area contributed by atoms with Crippen LogP contribution in [0, 0.1) is 0 Å². The van der Waals surface area contributed by atoms with Crippen molar-refractivity contribution in [2.24, 2.45) is 0 Å². The summed E-state index contributed by atoms with van der Waals surface area (Å²) in [5.74, 6) is -0.492. The van der Waals surface area contributed by atoms with E-state index in [-0.39, 0.29) is 6.42 Å². The zero-order chi connectivity index (χ0) is 10.7. The molecule has 1 N–H and O–H groups in total. The maximum atomic E-state index is 10.6. The second kappa shape index (κ2) is 3.91. The molecule has 0 aliphatic rings. The summed E-state index contributed by atoms with van der Waals surface area (Å²) >= 11 is 0. The smallest absolute Gasteiger partial charge is 0.311 e. The highest BCUT2D eigenvalue weighted by Gasteiger charge is 2.09. The average Bonchev–Trinajstić information content (AvgIpc) is 2.66. The number of aliphatic carboxylic acids is 1. The number of carboxylic acid groups (broad SMARTS) is 1. The molecule has 0 atom stereocenters. The van der Waals surface area contributed by atoms with Crippen molar-refractivity contribution in [1.29, 1.82) is 0 Å². The van der Waals surface area contributed by atoms with Gasteiger partial charge in [0.05, 0.1) is 0 Å². The first-order valence-electron chi connectivity index (χ1n) is 4.43. The van der Waals surface area contributed by atoms with Crippen LogP contribution in [0.4, 0.5) is 0 Å². The second-order valence-corrected chi connectivity index (χ2v) is 3.02. The Labute approximate surface area is 86.0 Å². The van der Waals surface area contributed by atoms with E-state index in [0.29, 0.717) is 5.82 Å². The van der Waals surface area contributed by atoms with Crippen LogP contribution in [0.2, 0.25) is 0 Å². The van der Waals surface area contributed by atoms with Gasteiger partial charge in [0.1, 0.15) is 18.6 Å². The van der Waals surface area contributed by atoms with Crippen LogP contribution in [0.3, 0.4) is 0 Å². The van der Waals surface area contributed by atoms with E-state index in [1.807, 2.05) is 30.3 Å². The fourth-order valence-electron chi connectivity index (χ4n) is 1.32. The normalized spacial score (nSPS) is 10.1. The summed E-state index contributed by atoms with van der Waals surface area (Å²) in [5.41, 5.74) is 0.860. The van der Waals surface area contributed by atoms with Crippen molar-refractivity contribution < 1.29 is 9.90 Å². The molecule has 2 rings (SSSR count). The molecule has 5 heteroatoms. The lowest BCUT2D eigenvalue weighted by atomic mass is 10.3. The van der Waals surface area contributed by atoms with E-state index in [1.165, 1.54) is 6.33 Å². The van der Waals surface area contributed by atoms with Crippen LogP contribution in [-0.2, 0) is 11.2 Å². The Bertz CT molecular complexity index is 465. The Balaban J connectivity index is 2.37. The molecular weight excluding hydrogens is 194 g/mol. The van der Waals surface area contributed by atoms with E-state index in [0.717, 1.165) is 5.69 Å². The van der Waals surface area contributed by atoms with Crippen molar-refractivity contribution in [3.8, 4) is 5.69 Å². The predicted octanol–water partition coefficient (Wildman–Crippen LogP) is 0.894. The first kappa shape index (κ1) is 9.39. The van der Waals surface area contributed by atoms with Crippen LogP contribution in [0.25, 0.3) is 5.69 Å². The van der Waals surface area contributed by atoms with Crippen molar-refractivity contribution in [3.63, 3.8) is 0 Å². The molecule has 0 aliphatic heterocycles. The van der Waals surface area contributed by atoms with Gasteiger partial charge in [-0.15, -0.1) is 10.2 Å². The van der Waals surface area contributed by atoms with E-state index >= 15 is 0 Å². The number of rotatable bonds is 3. The first-order chi connectivity index (χ1) is 7.27. The molecule has 0 unspecified atom stereocenters. The SMILES string of the molecule is O=C(O)Cc1nncn1-c1ccccc1. The van der Waals surface area contributed by atoms with Crippen molar-refractivity contribution in [3.05, 3.63) is 42.5 Å². The lowest BCUT2D eigenvalue weighted by Crippen LogP contribution is -2.07. The van der Waals surface area contributed by atoms with Crippen LogP contribution in [0.5, 0.6) is 0 Å². The van der Waals surface area contributed by atoms with E-state index < -0.39 is 5.97 Å². The Morgan fingerprint density at radius 1 is 1.33 bits per heavy atom. The summed E-state index contributed by atoms with van der Waals surface area (Å²) in [5, 5.41) is 16.1. The minimum absolute atomic E-state index is 0.130. The molecule has 0 spiro atoms. The highest BCUT2D eigenvalue weighted by Crippen LogP contribution is 2.08. The van der Waals surface area contributed by atoms with Crippen LogP contribution in [0.15, 0.2) is 36.7 Å². The molecule has 0 saturated carbocycles. The standard InChI is InChI=1S/C10H9N3O2/c14-10(15)6-9-12-11-7-13(9)8-4-2-1-3-5-8/h1-5,7H,6H2,(H,14,15). The summed E-state index contributed by atoms with van der Waals surface area (Å²) in [4.78, 5) is 10.6. The molecule has 1 aromatic heterocycles. The molecule has 0 amide bonds. The van der Waals surface area contributed by atoms with Gasteiger partial charge >= 0.3 is 5.97 Å². The van der Waals surface area contributed by atoms with Gasteiger partial charge in [-0.3, -0.25) is 9.36 Å².